The molecule has 14 heavy (non-hydrogen) atoms. The molecular formula is C12H26N2. The molecule has 1 rings (SSSR count). The highest BCUT2D eigenvalue weighted by molar-refractivity contribution is 4.81. The lowest BCUT2D eigenvalue weighted by molar-refractivity contribution is 0.122. The lowest BCUT2D eigenvalue weighted by Crippen LogP contribution is -2.46. The number of rotatable bonds is 4. The molecule has 1 fully saturated rings. The maximum Gasteiger partial charge on any atom is 0.00791 e. The first-order chi connectivity index (χ1) is 6.65. The van der Waals surface area contributed by atoms with Crippen LogP contribution < -0.4 is 5.32 Å². The van der Waals surface area contributed by atoms with Gasteiger partial charge in [-0.3, -0.25) is 0 Å². The summed E-state index contributed by atoms with van der Waals surface area (Å²) in [6.07, 6.45) is 2.77. The van der Waals surface area contributed by atoms with Gasteiger partial charge < -0.3 is 10.2 Å². The van der Waals surface area contributed by atoms with Gasteiger partial charge in [-0.2, -0.15) is 0 Å². The van der Waals surface area contributed by atoms with Gasteiger partial charge in [0.2, 0.25) is 0 Å². The average Bonchev–Trinajstić information content (AvgIpc) is 2.18. The fraction of sp³-hybridized carbons (Fsp3) is 1.00. The molecule has 2 heteroatoms. The largest absolute Gasteiger partial charge is 0.314 e. The number of nitrogens with zero attached hydrogens (tertiary/aromatic N) is 1. The van der Waals surface area contributed by atoms with Crippen LogP contribution in [0.25, 0.3) is 0 Å². The number of hydrogen-bond acceptors (Lipinski definition) is 2. The first-order valence-electron chi connectivity index (χ1n) is 6.12. The molecule has 1 N–H and O–H groups in total. The molecule has 0 aromatic heterocycles. The Balaban J connectivity index is 2.39. The van der Waals surface area contributed by atoms with Gasteiger partial charge in [-0.1, -0.05) is 6.92 Å². The summed E-state index contributed by atoms with van der Waals surface area (Å²) in [6, 6.07) is 1.40. The lowest BCUT2D eigenvalue weighted by Gasteiger charge is -2.38. The van der Waals surface area contributed by atoms with E-state index in [-0.39, 0.29) is 0 Å². The van der Waals surface area contributed by atoms with Crippen molar-refractivity contribution in [1.29, 1.82) is 0 Å². The SMILES string of the molecule is CCNC(C)C1CCCN(C(C)C)C1. The van der Waals surface area contributed by atoms with Crippen molar-refractivity contribution in [3.05, 3.63) is 0 Å². The molecule has 1 heterocycles. The smallest absolute Gasteiger partial charge is 0.00791 e. The Bertz CT molecular complexity index is 156. The third kappa shape index (κ3) is 3.25. The van der Waals surface area contributed by atoms with Gasteiger partial charge in [0.15, 0.2) is 0 Å². The van der Waals surface area contributed by atoms with E-state index in [0.717, 1.165) is 12.5 Å². The molecule has 0 bridgehead atoms. The minimum Gasteiger partial charge on any atom is -0.314 e. The highest BCUT2D eigenvalue weighted by atomic mass is 15.2. The summed E-state index contributed by atoms with van der Waals surface area (Å²) in [5, 5.41) is 3.55. The van der Waals surface area contributed by atoms with Crippen molar-refractivity contribution in [1.82, 2.24) is 10.2 Å². The van der Waals surface area contributed by atoms with Crippen molar-refractivity contribution in [2.24, 2.45) is 5.92 Å². The Morgan fingerprint density at radius 3 is 2.64 bits per heavy atom. The zero-order chi connectivity index (χ0) is 10.6. The van der Waals surface area contributed by atoms with Gasteiger partial charge in [0.05, 0.1) is 0 Å². The topological polar surface area (TPSA) is 15.3 Å². The van der Waals surface area contributed by atoms with Crippen LogP contribution >= 0.6 is 0 Å². The average molecular weight is 198 g/mol. The van der Waals surface area contributed by atoms with Gasteiger partial charge in [0.25, 0.3) is 0 Å². The molecule has 0 aromatic rings. The lowest BCUT2D eigenvalue weighted by atomic mass is 9.91. The van der Waals surface area contributed by atoms with E-state index in [2.05, 4.69) is 37.9 Å². The fourth-order valence-electron chi connectivity index (χ4n) is 2.41. The van der Waals surface area contributed by atoms with E-state index in [9.17, 15) is 0 Å². The van der Waals surface area contributed by atoms with Gasteiger partial charge >= 0.3 is 0 Å². The zero-order valence-electron chi connectivity index (χ0n) is 10.2. The van der Waals surface area contributed by atoms with Crippen LogP contribution in [0.1, 0.15) is 40.5 Å². The van der Waals surface area contributed by atoms with Crippen molar-refractivity contribution < 1.29 is 0 Å². The Kier molecular flexibility index (Phi) is 4.90. The molecule has 0 amide bonds. The molecule has 2 nitrogen and oxygen atoms in total. The molecule has 0 radical (unpaired) electrons. The Morgan fingerprint density at radius 1 is 1.36 bits per heavy atom. The molecular weight excluding hydrogens is 172 g/mol. The number of likely N-dealkylation sites (tertiary alicyclic amines) is 1. The van der Waals surface area contributed by atoms with E-state index in [1.807, 2.05) is 0 Å². The van der Waals surface area contributed by atoms with Crippen LogP contribution in [0.15, 0.2) is 0 Å². The molecule has 2 atom stereocenters. The van der Waals surface area contributed by atoms with Crippen molar-refractivity contribution in [2.45, 2.75) is 52.6 Å². The highest BCUT2D eigenvalue weighted by Gasteiger charge is 2.24. The molecule has 0 aliphatic carbocycles. The third-order valence-electron chi connectivity index (χ3n) is 3.45. The molecule has 2 unspecified atom stereocenters. The minimum absolute atomic E-state index is 0.682. The summed E-state index contributed by atoms with van der Waals surface area (Å²) in [5.41, 5.74) is 0. The standard InChI is InChI=1S/C12H26N2/c1-5-13-11(4)12-7-6-8-14(9-12)10(2)3/h10-13H,5-9H2,1-4H3. The van der Waals surface area contributed by atoms with E-state index >= 15 is 0 Å². The second kappa shape index (κ2) is 5.72. The van der Waals surface area contributed by atoms with Crippen LogP contribution in [-0.4, -0.2) is 36.6 Å². The quantitative estimate of drug-likeness (QED) is 0.744. The number of nitrogens with one attached hydrogen (secondary N) is 1. The summed E-state index contributed by atoms with van der Waals surface area (Å²) < 4.78 is 0. The molecule has 84 valence electrons. The van der Waals surface area contributed by atoms with Gasteiger partial charge in [-0.25, -0.2) is 0 Å². The normalized spacial score (nSPS) is 26.8. The second-order valence-electron chi connectivity index (χ2n) is 4.84. The maximum absolute atomic E-state index is 3.55. The van der Waals surface area contributed by atoms with Crippen LogP contribution in [0.3, 0.4) is 0 Å². The van der Waals surface area contributed by atoms with Crippen molar-refractivity contribution in [2.75, 3.05) is 19.6 Å². The predicted molar refractivity (Wildman–Crippen MR) is 62.6 cm³/mol. The fourth-order valence-corrected chi connectivity index (χ4v) is 2.41. The van der Waals surface area contributed by atoms with Crippen LogP contribution in [0.5, 0.6) is 0 Å². The third-order valence-corrected chi connectivity index (χ3v) is 3.45. The maximum atomic E-state index is 3.55. The second-order valence-corrected chi connectivity index (χ2v) is 4.84. The summed E-state index contributed by atoms with van der Waals surface area (Å²) >= 11 is 0. The van der Waals surface area contributed by atoms with E-state index in [0.29, 0.717) is 12.1 Å². The van der Waals surface area contributed by atoms with E-state index in [1.54, 1.807) is 0 Å². The van der Waals surface area contributed by atoms with Crippen LogP contribution in [-0.2, 0) is 0 Å². The van der Waals surface area contributed by atoms with E-state index in [1.165, 1.54) is 25.9 Å². The molecule has 1 aliphatic rings. The molecule has 0 saturated carbocycles. The molecule has 0 spiro atoms. The Morgan fingerprint density at radius 2 is 2.07 bits per heavy atom. The molecule has 1 saturated heterocycles. The minimum atomic E-state index is 0.682. The summed E-state index contributed by atoms with van der Waals surface area (Å²) in [7, 11) is 0. The van der Waals surface area contributed by atoms with Gasteiger partial charge in [0, 0.05) is 18.6 Å². The predicted octanol–water partition coefficient (Wildman–Crippen LogP) is 2.10. The zero-order valence-corrected chi connectivity index (χ0v) is 10.2. The number of hydrogen-bond donors (Lipinski definition) is 1. The van der Waals surface area contributed by atoms with Gasteiger partial charge in [0.1, 0.15) is 0 Å². The first kappa shape index (κ1) is 12.0. The number of piperidine rings is 1. The van der Waals surface area contributed by atoms with Crippen LogP contribution in [0.4, 0.5) is 0 Å². The Labute approximate surface area is 89.1 Å². The molecule has 0 aromatic carbocycles. The first-order valence-corrected chi connectivity index (χ1v) is 6.12. The summed E-state index contributed by atoms with van der Waals surface area (Å²) in [5.74, 6) is 0.853. The van der Waals surface area contributed by atoms with Crippen molar-refractivity contribution in [3.63, 3.8) is 0 Å². The summed E-state index contributed by atoms with van der Waals surface area (Å²) in [6.45, 7) is 12.8. The van der Waals surface area contributed by atoms with Crippen molar-refractivity contribution in [3.8, 4) is 0 Å². The Hall–Kier alpha value is -0.0800. The van der Waals surface area contributed by atoms with Gasteiger partial charge in [-0.05, 0) is 52.6 Å². The van der Waals surface area contributed by atoms with Crippen LogP contribution in [0.2, 0.25) is 0 Å². The van der Waals surface area contributed by atoms with Gasteiger partial charge in [-0.15, -0.1) is 0 Å². The highest BCUT2D eigenvalue weighted by Crippen LogP contribution is 2.21. The van der Waals surface area contributed by atoms with E-state index < -0.39 is 0 Å². The van der Waals surface area contributed by atoms with Crippen LogP contribution in [0, 0.1) is 5.92 Å². The van der Waals surface area contributed by atoms with E-state index in [4.69, 9.17) is 0 Å². The monoisotopic (exact) mass is 198 g/mol. The summed E-state index contributed by atoms with van der Waals surface area (Å²) in [4.78, 5) is 2.61. The molecule has 1 aliphatic heterocycles. The van der Waals surface area contributed by atoms with Crippen molar-refractivity contribution >= 4 is 0 Å².